The van der Waals surface area contributed by atoms with Gasteiger partial charge in [0.05, 0.1) is 12.2 Å². The van der Waals surface area contributed by atoms with Crippen LogP contribution in [0, 0.1) is 0 Å². The molecule has 6 nitrogen and oxygen atoms in total. The largest absolute Gasteiger partial charge is 0.507 e. The first-order valence-electron chi connectivity index (χ1n) is 5.76. The van der Waals surface area contributed by atoms with E-state index in [4.69, 9.17) is 9.84 Å². The van der Waals surface area contributed by atoms with Crippen LogP contribution in [0.15, 0.2) is 24.3 Å². The molecule has 0 radical (unpaired) electrons. The molecule has 0 bridgehead atoms. The topological polar surface area (TPSA) is 95.9 Å². The average Bonchev–Trinajstić information content (AvgIpc) is 2.43. The van der Waals surface area contributed by atoms with E-state index in [1.54, 1.807) is 12.1 Å². The molecule has 1 aromatic rings. The van der Waals surface area contributed by atoms with Crippen molar-refractivity contribution in [2.45, 2.75) is 0 Å². The van der Waals surface area contributed by atoms with Gasteiger partial charge in [-0.1, -0.05) is 33.7 Å². The van der Waals surface area contributed by atoms with Crippen LogP contribution in [0.2, 0.25) is 0 Å². The molecular formula is C12H15NO5S2. The highest BCUT2D eigenvalue weighted by Gasteiger charge is 2.14. The fourth-order valence-electron chi connectivity index (χ4n) is 1.19. The third-order valence-electron chi connectivity index (χ3n) is 2.02. The predicted molar refractivity (Wildman–Crippen MR) is 78.9 cm³/mol. The fourth-order valence-corrected chi connectivity index (χ4v) is 2.78. The molecule has 1 aromatic carbocycles. The number of imide groups is 1. The number of para-hydroxylation sites is 1. The van der Waals surface area contributed by atoms with Crippen LogP contribution >= 0.6 is 21.6 Å². The molecule has 0 atom stereocenters. The molecule has 0 aliphatic rings. The van der Waals surface area contributed by atoms with Crippen molar-refractivity contribution in [1.82, 2.24) is 5.32 Å². The van der Waals surface area contributed by atoms with Gasteiger partial charge in [-0.05, 0) is 12.1 Å². The van der Waals surface area contributed by atoms with E-state index in [1.807, 2.05) is 5.32 Å². The Labute approximate surface area is 124 Å². The van der Waals surface area contributed by atoms with Crippen molar-refractivity contribution in [3.63, 3.8) is 0 Å². The number of nitrogens with one attached hydrogen (secondary N) is 1. The van der Waals surface area contributed by atoms with E-state index in [0.717, 1.165) is 0 Å². The number of amides is 2. The molecular weight excluding hydrogens is 302 g/mol. The summed E-state index contributed by atoms with van der Waals surface area (Å²) in [6.07, 6.45) is -0.856. The number of ether oxygens (including phenoxy) is 1. The van der Waals surface area contributed by atoms with Gasteiger partial charge in [0, 0.05) is 11.5 Å². The molecule has 8 heteroatoms. The van der Waals surface area contributed by atoms with Crippen LogP contribution in [-0.2, 0) is 4.74 Å². The quantitative estimate of drug-likeness (QED) is 0.519. The minimum atomic E-state index is -0.856. The van der Waals surface area contributed by atoms with E-state index in [9.17, 15) is 14.7 Å². The van der Waals surface area contributed by atoms with Crippen LogP contribution in [0.1, 0.15) is 10.4 Å². The molecule has 0 spiro atoms. The van der Waals surface area contributed by atoms with Gasteiger partial charge in [-0.3, -0.25) is 10.1 Å². The van der Waals surface area contributed by atoms with Crippen LogP contribution in [0.25, 0.3) is 0 Å². The summed E-state index contributed by atoms with van der Waals surface area (Å²) in [5.74, 6) is 0.259. The maximum Gasteiger partial charge on any atom is 0.414 e. The number of carbonyl (C=O) groups is 2. The van der Waals surface area contributed by atoms with E-state index in [2.05, 4.69) is 0 Å². The predicted octanol–water partition coefficient (Wildman–Crippen LogP) is 1.63. The molecule has 110 valence electrons. The summed E-state index contributed by atoms with van der Waals surface area (Å²) in [6, 6.07) is 5.91. The maximum atomic E-state index is 11.6. The second-order valence-electron chi connectivity index (χ2n) is 3.47. The van der Waals surface area contributed by atoms with Crippen LogP contribution in [-0.4, -0.2) is 46.9 Å². The Hall–Kier alpha value is -1.38. The van der Waals surface area contributed by atoms with E-state index >= 15 is 0 Å². The lowest BCUT2D eigenvalue weighted by Crippen LogP contribution is -2.31. The normalized spacial score (nSPS) is 10.1. The number of aliphatic hydroxyl groups excluding tert-OH is 1. The molecule has 0 aliphatic heterocycles. The molecule has 0 saturated heterocycles. The first-order chi connectivity index (χ1) is 9.65. The first-order valence-corrected chi connectivity index (χ1v) is 8.25. The van der Waals surface area contributed by atoms with Crippen LogP contribution < -0.4 is 5.32 Å². The maximum absolute atomic E-state index is 11.6. The highest BCUT2D eigenvalue weighted by Crippen LogP contribution is 2.19. The number of alkyl carbamates (subject to hydrolysis) is 1. The van der Waals surface area contributed by atoms with Crippen molar-refractivity contribution >= 4 is 33.6 Å². The Balaban J connectivity index is 2.25. The Morgan fingerprint density at radius 3 is 2.60 bits per heavy atom. The molecule has 20 heavy (non-hydrogen) atoms. The van der Waals surface area contributed by atoms with E-state index in [-0.39, 0.29) is 24.5 Å². The Kier molecular flexibility index (Phi) is 7.93. The van der Waals surface area contributed by atoms with Gasteiger partial charge in [0.15, 0.2) is 0 Å². The number of aromatic hydroxyl groups is 1. The zero-order valence-corrected chi connectivity index (χ0v) is 12.2. The lowest BCUT2D eigenvalue weighted by molar-refractivity contribution is 0.0923. The van der Waals surface area contributed by atoms with Crippen molar-refractivity contribution in [3.05, 3.63) is 29.8 Å². The van der Waals surface area contributed by atoms with Crippen LogP contribution in [0.4, 0.5) is 4.79 Å². The number of phenolic OH excluding ortho intramolecular Hbond substituents is 1. The Morgan fingerprint density at radius 2 is 1.90 bits per heavy atom. The SMILES string of the molecule is O=C(NC(=O)c1ccccc1O)OCCSSCCO. The lowest BCUT2D eigenvalue weighted by Gasteiger charge is -2.06. The summed E-state index contributed by atoms with van der Waals surface area (Å²) in [4.78, 5) is 23.0. The number of hydrogen-bond acceptors (Lipinski definition) is 7. The van der Waals surface area contributed by atoms with Crippen molar-refractivity contribution in [2.24, 2.45) is 0 Å². The van der Waals surface area contributed by atoms with Crippen molar-refractivity contribution in [1.29, 1.82) is 0 Å². The second-order valence-corrected chi connectivity index (χ2v) is 6.18. The van der Waals surface area contributed by atoms with Gasteiger partial charge in [-0.25, -0.2) is 4.79 Å². The Bertz CT molecular complexity index is 455. The molecule has 0 aliphatic carbocycles. The number of rotatable bonds is 7. The minimum Gasteiger partial charge on any atom is -0.507 e. The lowest BCUT2D eigenvalue weighted by atomic mass is 10.2. The molecule has 2 amide bonds. The standard InChI is InChI=1S/C12H15NO5S2/c14-5-7-19-20-8-6-18-12(17)13-11(16)9-3-1-2-4-10(9)15/h1-4,14-15H,5-8H2,(H,13,16,17). The summed E-state index contributed by atoms with van der Waals surface area (Å²) >= 11 is 0. The van der Waals surface area contributed by atoms with Gasteiger partial charge >= 0.3 is 6.09 Å². The third kappa shape index (κ3) is 6.18. The monoisotopic (exact) mass is 317 g/mol. The number of aliphatic hydroxyl groups is 1. The highest BCUT2D eigenvalue weighted by molar-refractivity contribution is 8.76. The first kappa shape index (κ1) is 16.7. The summed E-state index contributed by atoms with van der Waals surface area (Å²) in [5, 5.41) is 20.0. The van der Waals surface area contributed by atoms with E-state index < -0.39 is 12.0 Å². The summed E-state index contributed by atoms with van der Waals surface area (Å²) in [5.41, 5.74) is 0.0114. The minimum absolute atomic E-state index is 0.0114. The summed E-state index contributed by atoms with van der Waals surface area (Å²) in [7, 11) is 2.94. The fraction of sp³-hybridized carbons (Fsp3) is 0.333. The molecule has 0 fully saturated rings. The zero-order valence-electron chi connectivity index (χ0n) is 10.6. The third-order valence-corrected chi connectivity index (χ3v) is 4.37. The highest BCUT2D eigenvalue weighted by atomic mass is 33.1. The van der Waals surface area contributed by atoms with Crippen LogP contribution in [0.5, 0.6) is 5.75 Å². The van der Waals surface area contributed by atoms with Gasteiger partial charge in [0.2, 0.25) is 0 Å². The van der Waals surface area contributed by atoms with Gasteiger partial charge in [-0.2, -0.15) is 0 Å². The molecule has 0 unspecified atom stereocenters. The average molecular weight is 317 g/mol. The molecule has 0 saturated carbocycles. The van der Waals surface area contributed by atoms with Gasteiger partial charge < -0.3 is 14.9 Å². The van der Waals surface area contributed by atoms with Gasteiger partial charge in [0.25, 0.3) is 5.91 Å². The molecule has 1 rings (SSSR count). The molecule has 0 aromatic heterocycles. The summed E-state index contributed by atoms with van der Waals surface area (Å²) in [6.45, 7) is 0.261. The van der Waals surface area contributed by atoms with Crippen molar-refractivity contribution in [3.8, 4) is 5.75 Å². The van der Waals surface area contributed by atoms with Gasteiger partial charge in [0.1, 0.15) is 12.4 Å². The Morgan fingerprint density at radius 1 is 1.20 bits per heavy atom. The number of benzene rings is 1. The second kappa shape index (κ2) is 9.51. The van der Waals surface area contributed by atoms with Crippen molar-refractivity contribution < 1.29 is 24.5 Å². The van der Waals surface area contributed by atoms with E-state index in [1.165, 1.54) is 33.7 Å². The number of carbonyl (C=O) groups excluding carboxylic acids is 2. The zero-order chi connectivity index (χ0) is 14.8. The molecule has 0 heterocycles. The van der Waals surface area contributed by atoms with E-state index in [0.29, 0.717) is 11.5 Å². The van der Waals surface area contributed by atoms with Crippen LogP contribution in [0.3, 0.4) is 0 Å². The summed E-state index contributed by atoms with van der Waals surface area (Å²) < 4.78 is 4.81. The number of phenols is 1. The number of hydrogen-bond donors (Lipinski definition) is 3. The molecule has 3 N–H and O–H groups in total. The van der Waals surface area contributed by atoms with Gasteiger partial charge in [-0.15, -0.1) is 0 Å². The van der Waals surface area contributed by atoms with Crippen molar-refractivity contribution in [2.75, 3.05) is 24.7 Å². The smallest absolute Gasteiger partial charge is 0.414 e.